The molecule has 0 amide bonds. The summed E-state index contributed by atoms with van der Waals surface area (Å²) in [6, 6.07) is 22.9. The molecular formula is C21H13NO2. The lowest BCUT2D eigenvalue weighted by molar-refractivity contribution is 0.656. The van der Waals surface area contributed by atoms with Crippen LogP contribution in [0.1, 0.15) is 5.56 Å². The number of fused-ring (bicyclic) bond motifs is 2. The molecule has 1 aromatic heterocycles. The minimum Gasteiger partial charge on any atom is -0.455 e. The van der Waals surface area contributed by atoms with Gasteiger partial charge in [-0.15, -0.1) is 0 Å². The summed E-state index contributed by atoms with van der Waals surface area (Å²) in [5.41, 5.74) is 3.59. The Kier molecular flexibility index (Phi) is 3.36. The van der Waals surface area contributed by atoms with Crippen molar-refractivity contribution in [3.05, 3.63) is 82.5 Å². The molecule has 24 heavy (non-hydrogen) atoms. The maximum atomic E-state index is 12.9. The Hall–Kier alpha value is -3.38. The molecule has 3 aromatic carbocycles. The number of benzene rings is 3. The van der Waals surface area contributed by atoms with E-state index in [0.29, 0.717) is 21.9 Å². The van der Waals surface area contributed by atoms with Crippen molar-refractivity contribution in [2.45, 2.75) is 6.42 Å². The Balaban J connectivity index is 2.15. The molecule has 0 aliphatic heterocycles. The largest absolute Gasteiger partial charge is 0.455 e. The molecule has 114 valence electrons. The van der Waals surface area contributed by atoms with Crippen LogP contribution in [0.2, 0.25) is 0 Å². The number of hydrogen-bond acceptors (Lipinski definition) is 3. The van der Waals surface area contributed by atoms with E-state index in [1.807, 2.05) is 48.5 Å². The Morgan fingerprint density at radius 3 is 2.29 bits per heavy atom. The highest BCUT2D eigenvalue weighted by Crippen LogP contribution is 2.30. The average molecular weight is 311 g/mol. The molecule has 3 nitrogen and oxygen atoms in total. The minimum absolute atomic E-state index is 0.0659. The van der Waals surface area contributed by atoms with Gasteiger partial charge in [0.05, 0.1) is 23.3 Å². The van der Waals surface area contributed by atoms with Gasteiger partial charge in [-0.05, 0) is 17.7 Å². The van der Waals surface area contributed by atoms with Gasteiger partial charge in [0.15, 0.2) is 0 Å². The van der Waals surface area contributed by atoms with Crippen molar-refractivity contribution in [2.75, 3.05) is 0 Å². The van der Waals surface area contributed by atoms with E-state index in [0.717, 1.165) is 16.7 Å². The Labute approximate surface area is 138 Å². The van der Waals surface area contributed by atoms with Crippen LogP contribution in [0.25, 0.3) is 33.1 Å². The molecule has 0 atom stereocenters. The Morgan fingerprint density at radius 1 is 0.833 bits per heavy atom. The highest BCUT2D eigenvalue weighted by Gasteiger charge is 2.14. The van der Waals surface area contributed by atoms with Gasteiger partial charge in [-0.3, -0.25) is 4.79 Å². The van der Waals surface area contributed by atoms with Gasteiger partial charge in [-0.2, -0.15) is 5.26 Å². The molecule has 0 radical (unpaired) electrons. The van der Waals surface area contributed by atoms with E-state index in [1.165, 1.54) is 0 Å². The lowest BCUT2D eigenvalue weighted by Gasteiger charge is -2.09. The van der Waals surface area contributed by atoms with Gasteiger partial charge < -0.3 is 4.42 Å². The summed E-state index contributed by atoms with van der Waals surface area (Å²) in [6.45, 7) is 0. The summed E-state index contributed by atoms with van der Waals surface area (Å²) >= 11 is 0. The van der Waals surface area contributed by atoms with E-state index in [2.05, 4.69) is 6.07 Å². The Bertz CT molecular complexity index is 1150. The van der Waals surface area contributed by atoms with E-state index in [-0.39, 0.29) is 11.8 Å². The lowest BCUT2D eigenvalue weighted by Crippen LogP contribution is -2.04. The third-order valence-corrected chi connectivity index (χ3v) is 4.16. The lowest BCUT2D eigenvalue weighted by atomic mass is 10.0. The van der Waals surface area contributed by atoms with Crippen LogP contribution in [0, 0.1) is 11.3 Å². The molecule has 0 aliphatic carbocycles. The SMILES string of the molecule is N#CCc1cccc2c(=O)c3cccc(-c4ccccc4)c3oc12. The summed E-state index contributed by atoms with van der Waals surface area (Å²) < 4.78 is 6.15. The number of hydrogen-bond donors (Lipinski definition) is 0. The number of nitrogens with zero attached hydrogens (tertiary/aromatic N) is 1. The second kappa shape index (κ2) is 5.68. The normalized spacial score (nSPS) is 10.8. The zero-order valence-corrected chi connectivity index (χ0v) is 12.8. The molecule has 0 saturated heterocycles. The third kappa shape index (κ3) is 2.17. The molecule has 3 heteroatoms. The number of para-hydroxylation sites is 2. The molecule has 0 spiro atoms. The molecule has 0 bridgehead atoms. The first-order chi connectivity index (χ1) is 11.8. The van der Waals surface area contributed by atoms with E-state index >= 15 is 0 Å². The first-order valence-electron chi connectivity index (χ1n) is 7.69. The van der Waals surface area contributed by atoms with Crippen molar-refractivity contribution < 1.29 is 4.42 Å². The zero-order chi connectivity index (χ0) is 16.5. The van der Waals surface area contributed by atoms with Crippen molar-refractivity contribution in [3.8, 4) is 17.2 Å². The zero-order valence-electron chi connectivity index (χ0n) is 12.8. The molecule has 4 rings (SSSR count). The van der Waals surface area contributed by atoms with Crippen LogP contribution in [0.4, 0.5) is 0 Å². The Morgan fingerprint density at radius 2 is 1.54 bits per heavy atom. The average Bonchev–Trinajstić information content (AvgIpc) is 2.63. The van der Waals surface area contributed by atoms with Crippen LogP contribution in [0.5, 0.6) is 0 Å². The van der Waals surface area contributed by atoms with E-state index in [9.17, 15) is 4.79 Å². The van der Waals surface area contributed by atoms with Crippen LogP contribution in [-0.2, 0) is 6.42 Å². The molecule has 0 saturated carbocycles. The summed E-state index contributed by atoms with van der Waals surface area (Å²) in [5.74, 6) is 0. The van der Waals surface area contributed by atoms with Crippen LogP contribution in [0.15, 0.2) is 75.9 Å². The molecule has 4 aromatic rings. The van der Waals surface area contributed by atoms with Crippen LogP contribution >= 0.6 is 0 Å². The maximum Gasteiger partial charge on any atom is 0.200 e. The van der Waals surface area contributed by atoms with E-state index in [1.54, 1.807) is 18.2 Å². The van der Waals surface area contributed by atoms with Gasteiger partial charge in [0.25, 0.3) is 0 Å². The molecule has 0 fully saturated rings. The van der Waals surface area contributed by atoms with Gasteiger partial charge in [0, 0.05) is 11.1 Å². The molecule has 1 heterocycles. The molecule has 0 unspecified atom stereocenters. The highest BCUT2D eigenvalue weighted by atomic mass is 16.3. The number of rotatable bonds is 2. The van der Waals surface area contributed by atoms with Crippen LogP contribution < -0.4 is 5.43 Å². The maximum absolute atomic E-state index is 12.9. The standard InChI is InChI=1S/C21H13NO2/c22-13-12-15-8-4-10-17-19(23)18-11-5-9-16(21(18)24-20(15)17)14-6-2-1-3-7-14/h1-11H,12H2. The summed E-state index contributed by atoms with van der Waals surface area (Å²) in [5, 5.41) is 10.1. The van der Waals surface area contributed by atoms with Gasteiger partial charge in [-0.1, -0.05) is 54.6 Å². The van der Waals surface area contributed by atoms with Gasteiger partial charge >= 0.3 is 0 Å². The van der Waals surface area contributed by atoms with Crippen LogP contribution in [-0.4, -0.2) is 0 Å². The summed E-state index contributed by atoms with van der Waals surface area (Å²) in [7, 11) is 0. The predicted molar refractivity (Wildman–Crippen MR) is 94.7 cm³/mol. The summed E-state index contributed by atoms with van der Waals surface area (Å²) in [6.07, 6.45) is 0.208. The monoisotopic (exact) mass is 311 g/mol. The number of nitriles is 1. The fourth-order valence-corrected chi connectivity index (χ4v) is 3.03. The third-order valence-electron chi connectivity index (χ3n) is 4.16. The van der Waals surface area contributed by atoms with Gasteiger partial charge in [-0.25, -0.2) is 0 Å². The topological polar surface area (TPSA) is 54.0 Å². The minimum atomic E-state index is -0.0659. The first kappa shape index (κ1) is 14.2. The van der Waals surface area contributed by atoms with Crippen molar-refractivity contribution in [3.63, 3.8) is 0 Å². The fraction of sp³-hybridized carbons (Fsp3) is 0.0476. The van der Waals surface area contributed by atoms with E-state index < -0.39 is 0 Å². The highest BCUT2D eigenvalue weighted by molar-refractivity contribution is 5.98. The van der Waals surface area contributed by atoms with Crippen molar-refractivity contribution >= 4 is 21.9 Å². The quantitative estimate of drug-likeness (QED) is 0.505. The van der Waals surface area contributed by atoms with Crippen LogP contribution in [0.3, 0.4) is 0 Å². The molecule has 0 N–H and O–H groups in total. The van der Waals surface area contributed by atoms with Gasteiger partial charge in [0.2, 0.25) is 5.43 Å². The van der Waals surface area contributed by atoms with E-state index in [4.69, 9.17) is 9.68 Å². The van der Waals surface area contributed by atoms with Crippen molar-refractivity contribution in [1.29, 1.82) is 5.26 Å². The predicted octanol–water partition coefficient (Wildman–Crippen LogP) is 4.68. The van der Waals surface area contributed by atoms with Crippen molar-refractivity contribution in [1.82, 2.24) is 0 Å². The van der Waals surface area contributed by atoms with Gasteiger partial charge in [0.1, 0.15) is 11.2 Å². The fourth-order valence-electron chi connectivity index (χ4n) is 3.03. The van der Waals surface area contributed by atoms with Crippen molar-refractivity contribution in [2.24, 2.45) is 0 Å². The second-order valence-corrected chi connectivity index (χ2v) is 5.61. The summed E-state index contributed by atoms with van der Waals surface area (Å²) in [4.78, 5) is 12.9. The molecular weight excluding hydrogens is 298 g/mol. The molecule has 0 aliphatic rings. The second-order valence-electron chi connectivity index (χ2n) is 5.61. The smallest absolute Gasteiger partial charge is 0.200 e. The first-order valence-corrected chi connectivity index (χ1v) is 7.69.